The number of halogens is 1. The first kappa shape index (κ1) is 16.0. The Balaban J connectivity index is 2.26. The molecule has 2 rings (SSSR count). The van der Waals surface area contributed by atoms with E-state index in [1.165, 1.54) is 0 Å². The summed E-state index contributed by atoms with van der Waals surface area (Å²) in [7, 11) is 0. The van der Waals surface area contributed by atoms with Crippen LogP contribution in [0.1, 0.15) is 15.9 Å². The molecule has 2 N–H and O–H groups in total. The van der Waals surface area contributed by atoms with Crippen molar-refractivity contribution in [3.05, 3.63) is 75.9 Å². The number of aliphatic carboxylic acids is 1. The van der Waals surface area contributed by atoms with E-state index in [-0.39, 0.29) is 11.5 Å². The molecule has 5 heteroatoms. The molecular weight excluding hydrogens is 346 g/mol. The Kier molecular flexibility index (Phi) is 5.12. The van der Waals surface area contributed by atoms with Crippen LogP contribution in [0.5, 0.6) is 0 Å². The lowest BCUT2D eigenvalue weighted by atomic mass is 10.1. The molecule has 0 saturated heterocycles. The summed E-state index contributed by atoms with van der Waals surface area (Å²) in [5.41, 5.74) is 1.89. The third kappa shape index (κ3) is 4.05. The van der Waals surface area contributed by atoms with Crippen molar-refractivity contribution in [2.45, 2.75) is 6.92 Å². The molecule has 0 spiro atoms. The van der Waals surface area contributed by atoms with Gasteiger partial charge in [-0.15, -0.1) is 0 Å². The zero-order valence-electron chi connectivity index (χ0n) is 11.8. The van der Waals surface area contributed by atoms with Gasteiger partial charge in [0.25, 0.3) is 0 Å². The number of hydrogen-bond donors (Lipinski definition) is 2. The third-order valence-corrected chi connectivity index (χ3v) is 3.87. The fourth-order valence-corrected chi connectivity index (χ4v) is 2.17. The van der Waals surface area contributed by atoms with Crippen LogP contribution in [0.2, 0.25) is 0 Å². The molecule has 0 aliphatic rings. The van der Waals surface area contributed by atoms with Gasteiger partial charge in [0.05, 0.1) is 0 Å². The maximum absolute atomic E-state index is 12.1. The molecule has 112 valence electrons. The van der Waals surface area contributed by atoms with Gasteiger partial charge in [0.2, 0.25) is 0 Å². The van der Waals surface area contributed by atoms with Crippen molar-refractivity contribution >= 4 is 33.4 Å². The molecule has 0 bridgehead atoms. The highest BCUT2D eigenvalue weighted by molar-refractivity contribution is 9.10. The summed E-state index contributed by atoms with van der Waals surface area (Å²) in [6, 6.07) is 13.9. The second kappa shape index (κ2) is 7.04. The van der Waals surface area contributed by atoms with Crippen LogP contribution in [-0.2, 0) is 4.79 Å². The van der Waals surface area contributed by atoms with Crippen LogP contribution in [0.3, 0.4) is 0 Å². The number of hydrogen-bond acceptors (Lipinski definition) is 3. The van der Waals surface area contributed by atoms with Gasteiger partial charge in [0, 0.05) is 21.8 Å². The van der Waals surface area contributed by atoms with Crippen LogP contribution in [-0.4, -0.2) is 16.9 Å². The molecule has 2 aromatic rings. The highest BCUT2D eigenvalue weighted by atomic mass is 79.9. The molecule has 0 aliphatic carbocycles. The second-order valence-electron chi connectivity index (χ2n) is 4.68. The molecule has 0 heterocycles. The first-order valence-corrected chi connectivity index (χ1v) is 7.34. The molecular formula is C17H14BrNO3. The summed E-state index contributed by atoms with van der Waals surface area (Å²) in [6.45, 7) is 1.93. The van der Waals surface area contributed by atoms with E-state index in [1.807, 2.05) is 13.0 Å². The summed E-state index contributed by atoms with van der Waals surface area (Å²) in [5, 5.41) is 12.0. The van der Waals surface area contributed by atoms with Crippen molar-refractivity contribution < 1.29 is 14.7 Å². The predicted octanol–water partition coefficient (Wildman–Crippen LogP) is 4.02. The number of anilines is 1. The van der Waals surface area contributed by atoms with E-state index in [0.717, 1.165) is 16.1 Å². The van der Waals surface area contributed by atoms with Gasteiger partial charge >= 0.3 is 5.97 Å². The number of rotatable bonds is 5. The lowest BCUT2D eigenvalue weighted by Gasteiger charge is -2.08. The number of carboxylic acid groups (broad SMARTS) is 1. The fourth-order valence-electron chi connectivity index (χ4n) is 1.79. The first-order chi connectivity index (χ1) is 10.5. The minimum absolute atomic E-state index is 0.176. The highest BCUT2D eigenvalue weighted by Crippen LogP contribution is 2.21. The molecule has 2 aromatic carbocycles. The minimum atomic E-state index is -1.19. The summed E-state index contributed by atoms with van der Waals surface area (Å²) >= 11 is 3.39. The molecule has 4 nitrogen and oxygen atoms in total. The fraction of sp³-hybridized carbons (Fsp3) is 0.0588. The predicted molar refractivity (Wildman–Crippen MR) is 89.0 cm³/mol. The zero-order valence-corrected chi connectivity index (χ0v) is 13.4. The van der Waals surface area contributed by atoms with Gasteiger partial charge in [-0.25, -0.2) is 4.79 Å². The summed E-state index contributed by atoms with van der Waals surface area (Å²) < 4.78 is 0.858. The quantitative estimate of drug-likeness (QED) is 0.624. The Bertz CT molecular complexity index is 739. The van der Waals surface area contributed by atoms with Gasteiger partial charge in [0.1, 0.15) is 5.70 Å². The van der Waals surface area contributed by atoms with Crippen molar-refractivity contribution in [3.63, 3.8) is 0 Å². The third-order valence-electron chi connectivity index (χ3n) is 3.01. The lowest BCUT2D eigenvalue weighted by molar-refractivity contribution is -0.132. The van der Waals surface area contributed by atoms with Gasteiger partial charge in [-0.3, -0.25) is 4.79 Å². The zero-order chi connectivity index (χ0) is 16.1. The Labute approximate surface area is 136 Å². The van der Waals surface area contributed by atoms with Gasteiger partial charge in [0.15, 0.2) is 5.78 Å². The smallest absolute Gasteiger partial charge is 0.352 e. The van der Waals surface area contributed by atoms with Crippen molar-refractivity contribution in [1.29, 1.82) is 0 Å². The van der Waals surface area contributed by atoms with E-state index in [1.54, 1.807) is 42.5 Å². The Morgan fingerprint density at radius 1 is 1.14 bits per heavy atom. The summed E-state index contributed by atoms with van der Waals surface area (Å²) in [6.07, 6.45) is 1.09. The summed E-state index contributed by atoms with van der Waals surface area (Å²) in [4.78, 5) is 23.4. The van der Waals surface area contributed by atoms with E-state index < -0.39 is 5.97 Å². The van der Waals surface area contributed by atoms with Gasteiger partial charge < -0.3 is 10.4 Å². The van der Waals surface area contributed by atoms with Gasteiger partial charge in [-0.2, -0.15) is 0 Å². The van der Waals surface area contributed by atoms with Crippen LogP contribution in [0, 0.1) is 6.92 Å². The molecule has 0 aromatic heterocycles. The average Bonchev–Trinajstić information content (AvgIpc) is 2.51. The van der Waals surface area contributed by atoms with E-state index in [9.17, 15) is 14.7 Å². The first-order valence-electron chi connectivity index (χ1n) is 6.55. The number of carboxylic acids is 1. The van der Waals surface area contributed by atoms with E-state index in [4.69, 9.17) is 0 Å². The maximum atomic E-state index is 12.1. The van der Waals surface area contributed by atoms with E-state index >= 15 is 0 Å². The molecule has 0 atom stereocenters. The molecule has 0 saturated carbocycles. The Morgan fingerprint density at radius 3 is 2.41 bits per heavy atom. The minimum Gasteiger partial charge on any atom is -0.477 e. The average molecular weight is 360 g/mol. The van der Waals surface area contributed by atoms with Crippen LogP contribution in [0.4, 0.5) is 5.69 Å². The Morgan fingerprint density at radius 2 is 1.82 bits per heavy atom. The number of benzene rings is 2. The molecule has 0 unspecified atom stereocenters. The Hall–Kier alpha value is -2.40. The topological polar surface area (TPSA) is 66.4 Å². The number of aryl methyl sites for hydroxylation is 1. The van der Waals surface area contributed by atoms with E-state index in [0.29, 0.717) is 11.3 Å². The standard InChI is InChI=1S/C17H14BrNO3/c1-11-7-8-13(9-14(11)18)19-15(17(21)22)10-16(20)12-5-3-2-4-6-12/h2-10,19H,1H3,(H,21,22). The normalized spacial score (nSPS) is 11.1. The van der Waals surface area contributed by atoms with Crippen LogP contribution in [0.15, 0.2) is 64.8 Å². The second-order valence-corrected chi connectivity index (χ2v) is 5.54. The van der Waals surface area contributed by atoms with Crippen LogP contribution >= 0.6 is 15.9 Å². The number of carbonyl (C=O) groups excluding carboxylic acids is 1. The SMILES string of the molecule is Cc1ccc(NC(=CC(=O)c2ccccc2)C(=O)O)cc1Br. The summed E-state index contributed by atoms with van der Waals surface area (Å²) in [5.74, 6) is -1.56. The van der Waals surface area contributed by atoms with Gasteiger partial charge in [-0.1, -0.05) is 52.3 Å². The molecule has 22 heavy (non-hydrogen) atoms. The van der Waals surface area contributed by atoms with Crippen molar-refractivity contribution in [1.82, 2.24) is 0 Å². The van der Waals surface area contributed by atoms with E-state index in [2.05, 4.69) is 21.2 Å². The largest absolute Gasteiger partial charge is 0.477 e. The van der Waals surface area contributed by atoms with Crippen LogP contribution in [0.25, 0.3) is 0 Å². The molecule has 0 fully saturated rings. The highest BCUT2D eigenvalue weighted by Gasteiger charge is 2.12. The van der Waals surface area contributed by atoms with Gasteiger partial charge in [-0.05, 0) is 24.6 Å². The van der Waals surface area contributed by atoms with Crippen molar-refractivity contribution in [3.8, 4) is 0 Å². The van der Waals surface area contributed by atoms with Crippen molar-refractivity contribution in [2.75, 3.05) is 5.32 Å². The molecule has 0 aliphatic heterocycles. The number of carbonyl (C=O) groups is 2. The number of allylic oxidation sites excluding steroid dienone is 1. The number of ketones is 1. The molecule has 0 amide bonds. The maximum Gasteiger partial charge on any atom is 0.352 e. The van der Waals surface area contributed by atoms with Crippen LogP contribution < -0.4 is 5.32 Å². The molecule has 0 radical (unpaired) electrons. The monoisotopic (exact) mass is 359 g/mol. The number of nitrogens with one attached hydrogen (secondary N) is 1. The lowest BCUT2D eigenvalue weighted by Crippen LogP contribution is -2.13. The van der Waals surface area contributed by atoms with Crippen molar-refractivity contribution in [2.24, 2.45) is 0 Å².